The molecule has 3 atom stereocenters. The molecule has 14 heavy (non-hydrogen) atoms. The number of rotatable bonds is 0. The van der Waals surface area contributed by atoms with Crippen LogP contribution in [0.1, 0.15) is 47.5 Å². The Bertz CT molecular complexity index is 257. The highest BCUT2D eigenvalue weighted by molar-refractivity contribution is 5.09. The maximum atomic E-state index is 10.5. The molecule has 82 valence electrons. The topological polar surface area (TPSA) is 29.5 Å². The van der Waals surface area contributed by atoms with Crippen molar-refractivity contribution in [2.75, 3.05) is 0 Å². The van der Waals surface area contributed by atoms with Crippen LogP contribution in [0.4, 0.5) is 0 Å². The van der Waals surface area contributed by atoms with Crippen LogP contribution in [-0.2, 0) is 4.74 Å². The molecule has 1 saturated carbocycles. The van der Waals surface area contributed by atoms with Gasteiger partial charge in [-0.2, -0.15) is 0 Å². The monoisotopic (exact) mass is 198 g/mol. The van der Waals surface area contributed by atoms with E-state index in [0.29, 0.717) is 5.92 Å². The third-order valence-corrected chi connectivity index (χ3v) is 4.83. The Balaban J connectivity index is 2.37. The average molecular weight is 198 g/mol. The highest BCUT2D eigenvalue weighted by Gasteiger charge is 2.65. The summed E-state index contributed by atoms with van der Waals surface area (Å²) in [4.78, 5) is 0. The van der Waals surface area contributed by atoms with Crippen LogP contribution in [0.2, 0.25) is 0 Å². The van der Waals surface area contributed by atoms with E-state index in [4.69, 9.17) is 4.74 Å². The van der Waals surface area contributed by atoms with Crippen molar-refractivity contribution >= 4 is 0 Å². The molecule has 0 radical (unpaired) electrons. The largest absolute Gasteiger partial charge is 0.365 e. The fraction of sp³-hybridized carbons (Fsp3) is 1.00. The molecule has 2 nitrogen and oxygen atoms in total. The quantitative estimate of drug-likeness (QED) is 0.648. The van der Waals surface area contributed by atoms with Gasteiger partial charge < -0.3 is 9.84 Å². The molecule has 1 aliphatic carbocycles. The first kappa shape index (κ1) is 10.4. The van der Waals surface area contributed by atoms with E-state index in [-0.39, 0.29) is 16.9 Å². The predicted octanol–water partition coefficient (Wildman–Crippen LogP) is 2.56. The van der Waals surface area contributed by atoms with Crippen molar-refractivity contribution in [3.63, 3.8) is 0 Å². The summed E-state index contributed by atoms with van der Waals surface area (Å²) in [6.07, 6.45) is 1.97. The second-order valence-corrected chi connectivity index (χ2v) is 6.34. The second kappa shape index (κ2) is 2.53. The van der Waals surface area contributed by atoms with Gasteiger partial charge in [0.25, 0.3) is 0 Å². The average Bonchev–Trinajstić information content (AvgIpc) is 2.28. The van der Waals surface area contributed by atoms with E-state index >= 15 is 0 Å². The Morgan fingerprint density at radius 1 is 1.21 bits per heavy atom. The van der Waals surface area contributed by atoms with E-state index in [1.54, 1.807) is 0 Å². The molecule has 0 bridgehead atoms. The van der Waals surface area contributed by atoms with Crippen molar-refractivity contribution in [1.82, 2.24) is 0 Å². The smallest absolute Gasteiger partial charge is 0.169 e. The number of fused-ring (bicyclic) bond motifs is 1. The van der Waals surface area contributed by atoms with Crippen LogP contribution >= 0.6 is 0 Å². The van der Waals surface area contributed by atoms with Gasteiger partial charge in [-0.1, -0.05) is 27.7 Å². The Morgan fingerprint density at radius 2 is 1.79 bits per heavy atom. The van der Waals surface area contributed by atoms with Gasteiger partial charge in [-0.05, 0) is 24.2 Å². The van der Waals surface area contributed by atoms with Crippen LogP contribution in [0.25, 0.3) is 0 Å². The summed E-state index contributed by atoms with van der Waals surface area (Å²) in [6.45, 7) is 11.0. The first-order valence-corrected chi connectivity index (χ1v) is 5.59. The van der Waals surface area contributed by atoms with Crippen LogP contribution in [0.3, 0.4) is 0 Å². The van der Waals surface area contributed by atoms with Crippen molar-refractivity contribution in [2.24, 2.45) is 16.7 Å². The maximum absolute atomic E-state index is 10.5. The molecular weight excluding hydrogens is 176 g/mol. The Kier molecular flexibility index (Phi) is 1.89. The minimum absolute atomic E-state index is 0.159. The molecule has 1 N–H and O–H groups in total. The third kappa shape index (κ3) is 1.10. The van der Waals surface area contributed by atoms with Crippen molar-refractivity contribution in [2.45, 2.75) is 59.4 Å². The van der Waals surface area contributed by atoms with Gasteiger partial charge in [0.1, 0.15) is 0 Å². The van der Waals surface area contributed by atoms with E-state index in [0.717, 1.165) is 12.8 Å². The molecule has 0 spiro atoms. The number of ether oxygens (including phenoxy) is 1. The second-order valence-electron chi connectivity index (χ2n) is 6.34. The Labute approximate surface area is 86.6 Å². The van der Waals surface area contributed by atoms with Crippen LogP contribution < -0.4 is 0 Å². The number of hydrogen-bond acceptors (Lipinski definition) is 2. The van der Waals surface area contributed by atoms with Gasteiger partial charge in [0.15, 0.2) is 5.79 Å². The molecule has 0 aromatic heterocycles. The van der Waals surface area contributed by atoms with Crippen LogP contribution in [0, 0.1) is 16.7 Å². The van der Waals surface area contributed by atoms with E-state index in [9.17, 15) is 5.11 Å². The molecular formula is C12H22O2. The molecule has 1 saturated heterocycles. The van der Waals surface area contributed by atoms with E-state index in [1.807, 2.05) is 0 Å². The van der Waals surface area contributed by atoms with Crippen molar-refractivity contribution < 1.29 is 9.84 Å². The minimum Gasteiger partial charge on any atom is -0.365 e. The molecule has 0 aromatic rings. The molecule has 1 aliphatic heterocycles. The lowest BCUT2D eigenvalue weighted by Crippen LogP contribution is -2.35. The molecule has 1 heterocycles. The zero-order chi connectivity index (χ0) is 10.8. The number of aliphatic hydroxyl groups is 1. The van der Waals surface area contributed by atoms with Gasteiger partial charge in [-0.3, -0.25) is 0 Å². The minimum atomic E-state index is -0.855. The van der Waals surface area contributed by atoms with Gasteiger partial charge >= 0.3 is 0 Å². The zero-order valence-corrected chi connectivity index (χ0v) is 9.92. The lowest BCUT2D eigenvalue weighted by atomic mass is 9.66. The molecule has 0 aromatic carbocycles. The highest BCUT2D eigenvalue weighted by atomic mass is 16.6. The first-order valence-electron chi connectivity index (χ1n) is 5.59. The van der Waals surface area contributed by atoms with Gasteiger partial charge in [0.2, 0.25) is 0 Å². The summed E-state index contributed by atoms with van der Waals surface area (Å²) in [5.74, 6) is -0.563. The van der Waals surface area contributed by atoms with E-state index in [2.05, 4.69) is 34.6 Å². The molecule has 0 amide bonds. The third-order valence-electron chi connectivity index (χ3n) is 4.83. The number of hydrogen-bond donors (Lipinski definition) is 1. The Hall–Kier alpha value is -0.0800. The maximum Gasteiger partial charge on any atom is 0.169 e. The molecule has 2 rings (SSSR count). The molecule has 2 aliphatic rings. The summed E-state index contributed by atoms with van der Waals surface area (Å²) in [5.41, 5.74) is 0.319. The van der Waals surface area contributed by atoms with Gasteiger partial charge in [-0.25, -0.2) is 0 Å². The van der Waals surface area contributed by atoms with Crippen molar-refractivity contribution in [3.8, 4) is 0 Å². The fourth-order valence-electron chi connectivity index (χ4n) is 3.35. The van der Waals surface area contributed by atoms with Crippen molar-refractivity contribution in [1.29, 1.82) is 0 Å². The summed E-state index contributed by atoms with van der Waals surface area (Å²) in [5, 5.41) is 10.5. The summed E-state index contributed by atoms with van der Waals surface area (Å²) < 4.78 is 5.70. The normalized spacial score (nSPS) is 49.3. The molecule has 2 fully saturated rings. The van der Waals surface area contributed by atoms with Gasteiger partial charge in [0, 0.05) is 12.3 Å². The molecule has 2 heteroatoms. The SMILES string of the molecule is CC1CC2C(O)(CC(C)(C)C2(C)C)O1. The van der Waals surface area contributed by atoms with Crippen LogP contribution in [0.15, 0.2) is 0 Å². The van der Waals surface area contributed by atoms with E-state index < -0.39 is 5.79 Å². The zero-order valence-electron chi connectivity index (χ0n) is 9.92. The van der Waals surface area contributed by atoms with E-state index in [1.165, 1.54) is 0 Å². The lowest BCUT2D eigenvalue weighted by molar-refractivity contribution is -0.205. The van der Waals surface area contributed by atoms with Crippen LogP contribution in [-0.4, -0.2) is 17.0 Å². The lowest BCUT2D eigenvalue weighted by Gasteiger charge is -2.38. The molecule has 3 unspecified atom stereocenters. The van der Waals surface area contributed by atoms with Gasteiger partial charge in [-0.15, -0.1) is 0 Å². The first-order chi connectivity index (χ1) is 6.19. The summed E-state index contributed by atoms with van der Waals surface area (Å²) in [7, 11) is 0. The standard InChI is InChI=1S/C12H22O2/c1-8-6-9-11(4,5)10(2,3)7-12(9,13)14-8/h8-9,13H,6-7H2,1-5H3. The van der Waals surface area contributed by atoms with Gasteiger partial charge in [0.05, 0.1) is 6.10 Å². The van der Waals surface area contributed by atoms with Crippen LogP contribution in [0.5, 0.6) is 0 Å². The van der Waals surface area contributed by atoms with Crippen molar-refractivity contribution in [3.05, 3.63) is 0 Å². The Morgan fingerprint density at radius 3 is 2.29 bits per heavy atom. The predicted molar refractivity (Wildman–Crippen MR) is 55.8 cm³/mol. The fourth-order valence-corrected chi connectivity index (χ4v) is 3.35. The summed E-state index contributed by atoms with van der Waals surface area (Å²) >= 11 is 0. The highest BCUT2D eigenvalue weighted by Crippen LogP contribution is 2.64. The summed E-state index contributed by atoms with van der Waals surface area (Å²) in [6, 6.07) is 0.